The Bertz CT molecular complexity index is 712. The van der Waals surface area contributed by atoms with Crippen molar-refractivity contribution in [2.75, 3.05) is 11.9 Å². The van der Waals surface area contributed by atoms with Gasteiger partial charge >= 0.3 is 0 Å². The van der Waals surface area contributed by atoms with Crippen LogP contribution in [-0.2, 0) is 4.79 Å². The molecule has 1 saturated heterocycles. The number of hydrogen-bond acceptors (Lipinski definition) is 6. The van der Waals surface area contributed by atoms with Crippen LogP contribution in [0.4, 0.5) is 11.8 Å². The molecule has 2 aromatic rings. The predicted octanol–water partition coefficient (Wildman–Crippen LogP) is 2.31. The first-order chi connectivity index (χ1) is 11.0. The summed E-state index contributed by atoms with van der Waals surface area (Å²) in [6.07, 6.45) is 5.14. The molecule has 0 aliphatic carbocycles. The molecular formula is C16H20N6O. The third-order valence-electron chi connectivity index (χ3n) is 3.91. The van der Waals surface area contributed by atoms with E-state index >= 15 is 0 Å². The molecule has 1 amide bonds. The van der Waals surface area contributed by atoms with Gasteiger partial charge in [0.05, 0.1) is 6.04 Å². The molecule has 0 bridgehead atoms. The number of aryl methyl sites for hydroxylation is 2. The maximum absolute atomic E-state index is 11.8. The Morgan fingerprint density at radius 1 is 1.22 bits per heavy atom. The fraction of sp³-hybridized carbons (Fsp3) is 0.438. The second-order valence-electron chi connectivity index (χ2n) is 5.76. The van der Waals surface area contributed by atoms with Gasteiger partial charge in [0, 0.05) is 37.3 Å². The van der Waals surface area contributed by atoms with Gasteiger partial charge in [0.1, 0.15) is 5.69 Å². The molecule has 1 aliphatic heterocycles. The molecule has 120 valence electrons. The van der Waals surface area contributed by atoms with Crippen molar-refractivity contribution in [2.24, 2.45) is 0 Å². The lowest BCUT2D eigenvalue weighted by Gasteiger charge is -2.24. The quantitative estimate of drug-likeness (QED) is 0.936. The molecule has 3 heterocycles. The Hall–Kier alpha value is -2.57. The highest BCUT2D eigenvalue weighted by molar-refractivity contribution is 5.74. The molecule has 0 saturated carbocycles. The van der Waals surface area contributed by atoms with Crippen molar-refractivity contribution >= 4 is 17.7 Å². The van der Waals surface area contributed by atoms with Gasteiger partial charge in [-0.2, -0.15) is 0 Å². The average Bonchev–Trinajstić information content (AvgIpc) is 2.96. The number of rotatable bonds is 3. The molecule has 0 radical (unpaired) electrons. The van der Waals surface area contributed by atoms with Crippen molar-refractivity contribution in [3.8, 4) is 0 Å². The lowest BCUT2D eigenvalue weighted by atomic mass is 10.1. The first-order valence-corrected chi connectivity index (χ1v) is 7.72. The Balaban J connectivity index is 1.93. The first kappa shape index (κ1) is 15.3. The lowest BCUT2D eigenvalue weighted by Crippen LogP contribution is -2.29. The molecule has 23 heavy (non-hydrogen) atoms. The molecule has 0 aromatic carbocycles. The van der Waals surface area contributed by atoms with Crippen LogP contribution >= 0.6 is 0 Å². The van der Waals surface area contributed by atoms with Crippen LogP contribution in [0.25, 0.3) is 0 Å². The topological polar surface area (TPSA) is 83.9 Å². The summed E-state index contributed by atoms with van der Waals surface area (Å²) in [5, 5.41) is 3.16. The molecular weight excluding hydrogens is 292 g/mol. The van der Waals surface area contributed by atoms with Crippen LogP contribution in [0.1, 0.15) is 42.9 Å². The maximum Gasteiger partial charge on any atom is 0.228 e. The highest BCUT2D eigenvalue weighted by atomic mass is 16.2. The normalized spacial score (nSPS) is 17.3. The molecule has 7 nitrogen and oxygen atoms in total. The Morgan fingerprint density at radius 3 is 2.61 bits per heavy atom. The van der Waals surface area contributed by atoms with Gasteiger partial charge in [0.15, 0.2) is 5.82 Å². The van der Waals surface area contributed by atoms with Gasteiger partial charge < -0.3 is 10.2 Å². The Kier molecular flexibility index (Phi) is 4.18. The van der Waals surface area contributed by atoms with E-state index in [0.717, 1.165) is 36.5 Å². The number of nitrogens with one attached hydrogen (secondary N) is 1. The fourth-order valence-corrected chi connectivity index (χ4v) is 3.00. The maximum atomic E-state index is 11.8. The smallest absolute Gasteiger partial charge is 0.228 e. The minimum absolute atomic E-state index is 0.0467. The number of anilines is 2. The second-order valence-corrected chi connectivity index (χ2v) is 5.76. The summed E-state index contributed by atoms with van der Waals surface area (Å²) in [5.41, 5.74) is 2.54. The summed E-state index contributed by atoms with van der Waals surface area (Å²) >= 11 is 0. The monoisotopic (exact) mass is 312 g/mol. The Labute approximate surface area is 135 Å². The standard InChI is InChI=1S/C16H20N6O/c1-10-9-11(2)20-16(19-10)21-15-14(17-6-7-18-15)13-5-4-8-22(13)12(3)23/h6-7,9,13H,4-5,8H2,1-3H3,(H,18,19,20,21)/t13-/m1/s1. The van der Waals surface area contributed by atoms with Gasteiger partial charge in [-0.1, -0.05) is 0 Å². The van der Waals surface area contributed by atoms with E-state index in [1.54, 1.807) is 19.3 Å². The van der Waals surface area contributed by atoms with Crippen LogP contribution in [0.3, 0.4) is 0 Å². The van der Waals surface area contributed by atoms with E-state index in [-0.39, 0.29) is 11.9 Å². The van der Waals surface area contributed by atoms with Gasteiger partial charge in [-0.25, -0.2) is 15.0 Å². The highest BCUT2D eigenvalue weighted by Crippen LogP contribution is 2.34. The molecule has 3 rings (SSSR count). The summed E-state index contributed by atoms with van der Waals surface area (Å²) in [7, 11) is 0. The van der Waals surface area contributed by atoms with E-state index in [4.69, 9.17) is 0 Å². The zero-order valence-corrected chi connectivity index (χ0v) is 13.6. The van der Waals surface area contributed by atoms with Crippen LogP contribution in [0.15, 0.2) is 18.5 Å². The number of nitrogens with zero attached hydrogens (tertiary/aromatic N) is 5. The lowest BCUT2D eigenvalue weighted by molar-refractivity contribution is -0.129. The van der Waals surface area contributed by atoms with Gasteiger partial charge in [-0.15, -0.1) is 0 Å². The van der Waals surface area contributed by atoms with E-state index in [0.29, 0.717) is 11.8 Å². The van der Waals surface area contributed by atoms with Crippen molar-refractivity contribution < 1.29 is 4.79 Å². The van der Waals surface area contributed by atoms with Crippen LogP contribution in [0.5, 0.6) is 0 Å². The fourth-order valence-electron chi connectivity index (χ4n) is 3.00. The summed E-state index contributed by atoms with van der Waals surface area (Å²) in [6.45, 7) is 6.20. The molecule has 1 aliphatic rings. The molecule has 1 N–H and O–H groups in total. The average molecular weight is 312 g/mol. The minimum atomic E-state index is -0.0467. The largest absolute Gasteiger partial charge is 0.334 e. The molecule has 1 fully saturated rings. The van der Waals surface area contributed by atoms with Crippen molar-refractivity contribution in [1.82, 2.24) is 24.8 Å². The van der Waals surface area contributed by atoms with Crippen molar-refractivity contribution in [2.45, 2.75) is 39.7 Å². The van der Waals surface area contributed by atoms with E-state index in [2.05, 4.69) is 25.3 Å². The predicted molar refractivity (Wildman–Crippen MR) is 86.2 cm³/mol. The molecule has 2 aromatic heterocycles. The zero-order valence-electron chi connectivity index (χ0n) is 13.6. The number of amides is 1. The second kappa shape index (κ2) is 6.28. The Morgan fingerprint density at radius 2 is 1.91 bits per heavy atom. The zero-order chi connectivity index (χ0) is 16.4. The molecule has 7 heteroatoms. The minimum Gasteiger partial charge on any atom is -0.334 e. The SMILES string of the molecule is CC(=O)N1CCC[C@@H]1c1nccnc1Nc1nc(C)cc(C)n1. The van der Waals surface area contributed by atoms with Crippen LogP contribution < -0.4 is 5.32 Å². The van der Waals surface area contributed by atoms with Crippen molar-refractivity contribution in [1.29, 1.82) is 0 Å². The summed E-state index contributed by atoms with van der Waals surface area (Å²) in [6, 6.07) is 1.87. The van der Waals surface area contributed by atoms with E-state index < -0.39 is 0 Å². The first-order valence-electron chi connectivity index (χ1n) is 7.72. The molecule has 1 atom stereocenters. The third-order valence-corrected chi connectivity index (χ3v) is 3.91. The van der Waals surface area contributed by atoms with Gasteiger partial charge in [0.25, 0.3) is 0 Å². The van der Waals surface area contributed by atoms with Crippen molar-refractivity contribution in [3.63, 3.8) is 0 Å². The van der Waals surface area contributed by atoms with Gasteiger partial charge in [0.2, 0.25) is 11.9 Å². The van der Waals surface area contributed by atoms with Crippen LogP contribution in [0, 0.1) is 13.8 Å². The molecule has 0 spiro atoms. The number of hydrogen-bond donors (Lipinski definition) is 1. The van der Waals surface area contributed by atoms with Crippen LogP contribution in [-0.4, -0.2) is 37.3 Å². The van der Waals surface area contributed by atoms with E-state index in [9.17, 15) is 4.79 Å². The van der Waals surface area contributed by atoms with E-state index in [1.807, 2.05) is 24.8 Å². The number of likely N-dealkylation sites (tertiary alicyclic amines) is 1. The van der Waals surface area contributed by atoms with Crippen molar-refractivity contribution in [3.05, 3.63) is 35.5 Å². The van der Waals surface area contributed by atoms with Gasteiger partial charge in [-0.3, -0.25) is 9.78 Å². The third kappa shape index (κ3) is 3.28. The highest BCUT2D eigenvalue weighted by Gasteiger charge is 2.31. The summed E-state index contributed by atoms with van der Waals surface area (Å²) < 4.78 is 0. The molecule has 0 unspecified atom stereocenters. The van der Waals surface area contributed by atoms with E-state index in [1.165, 1.54) is 0 Å². The van der Waals surface area contributed by atoms with Crippen LogP contribution in [0.2, 0.25) is 0 Å². The number of aromatic nitrogens is 4. The number of carbonyl (C=O) groups excluding carboxylic acids is 1. The summed E-state index contributed by atoms with van der Waals surface area (Å²) in [4.78, 5) is 31.3. The summed E-state index contributed by atoms with van der Waals surface area (Å²) in [5.74, 6) is 1.17. The van der Waals surface area contributed by atoms with Gasteiger partial charge in [-0.05, 0) is 32.8 Å². The number of carbonyl (C=O) groups is 1.